The SMILES string of the molecule is CCn1nc(CC(C)C)cc1C(=O)Cl. The first-order valence-electron chi connectivity index (χ1n) is 4.81. The number of carbonyl (C=O) groups excluding carboxylic acids is 1. The Balaban J connectivity index is 2.94. The smallest absolute Gasteiger partial charge is 0.270 e. The van der Waals surface area contributed by atoms with Gasteiger partial charge in [-0.3, -0.25) is 9.48 Å². The number of aromatic nitrogens is 2. The predicted molar refractivity (Wildman–Crippen MR) is 56.6 cm³/mol. The molecule has 0 radical (unpaired) electrons. The van der Waals surface area contributed by atoms with Gasteiger partial charge in [0.25, 0.3) is 5.24 Å². The molecular formula is C10H15ClN2O. The summed E-state index contributed by atoms with van der Waals surface area (Å²) in [5.74, 6) is 0.536. The van der Waals surface area contributed by atoms with Crippen molar-refractivity contribution in [3.8, 4) is 0 Å². The highest BCUT2D eigenvalue weighted by Gasteiger charge is 2.12. The lowest BCUT2D eigenvalue weighted by Gasteiger charge is -1.99. The molecule has 0 aliphatic carbocycles. The summed E-state index contributed by atoms with van der Waals surface area (Å²) in [5, 5.41) is 3.87. The zero-order valence-electron chi connectivity index (χ0n) is 8.75. The Bertz CT molecular complexity index is 331. The minimum Gasteiger partial charge on any atom is -0.274 e. The molecule has 78 valence electrons. The fourth-order valence-corrected chi connectivity index (χ4v) is 1.54. The summed E-state index contributed by atoms with van der Waals surface area (Å²) in [6.45, 7) is 6.85. The summed E-state index contributed by atoms with van der Waals surface area (Å²) < 4.78 is 1.65. The molecule has 0 spiro atoms. The van der Waals surface area contributed by atoms with Crippen LogP contribution >= 0.6 is 11.6 Å². The minimum atomic E-state index is -0.436. The molecule has 0 N–H and O–H groups in total. The highest BCUT2D eigenvalue weighted by atomic mass is 35.5. The fourth-order valence-electron chi connectivity index (χ4n) is 1.39. The van der Waals surface area contributed by atoms with E-state index in [1.54, 1.807) is 10.7 Å². The van der Waals surface area contributed by atoms with Gasteiger partial charge in [0.1, 0.15) is 5.69 Å². The summed E-state index contributed by atoms with van der Waals surface area (Å²) >= 11 is 5.44. The van der Waals surface area contributed by atoms with Crippen molar-refractivity contribution in [1.82, 2.24) is 9.78 Å². The quantitative estimate of drug-likeness (QED) is 0.722. The minimum absolute atomic E-state index is 0.436. The highest BCUT2D eigenvalue weighted by molar-refractivity contribution is 6.67. The Morgan fingerprint density at radius 2 is 2.29 bits per heavy atom. The van der Waals surface area contributed by atoms with Crippen molar-refractivity contribution in [3.05, 3.63) is 17.5 Å². The first-order chi connectivity index (χ1) is 6.54. The molecule has 0 amide bonds. The molecule has 1 aromatic heterocycles. The zero-order chi connectivity index (χ0) is 10.7. The van der Waals surface area contributed by atoms with Crippen LogP contribution < -0.4 is 0 Å². The molecule has 4 heteroatoms. The van der Waals surface area contributed by atoms with Gasteiger partial charge in [0, 0.05) is 6.54 Å². The number of rotatable bonds is 4. The number of nitrogens with zero attached hydrogens (tertiary/aromatic N) is 2. The first-order valence-corrected chi connectivity index (χ1v) is 5.19. The third kappa shape index (κ3) is 2.58. The maximum absolute atomic E-state index is 11.0. The van der Waals surface area contributed by atoms with Crippen LogP contribution in [0.4, 0.5) is 0 Å². The molecule has 0 saturated carbocycles. The summed E-state index contributed by atoms with van der Waals surface area (Å²) in [5.41, 5.74) is 1.43. The molecule has 14 heavy (non-hydrogen) atoms. The Morgan fingerprint density at radius 3 is 2.64 bits per heavy atom. The monoisotopic (exact) mass is 214 g/mol. The number of halogens is 1. The van der Waals surface area contributed by atoms with Gasteiger partial charge in [0.05, 0.1) is 5.69 Å². The average Bonchev–Trinajstić information content (AvgIpc) is 2.46. The van der Waals surface area contributed by atoms with Gasteiger partial charge in [0.2, 0.25) is 0 Å². The van der Waals surface area contributed by atoms with Crippen LogP contribution in [0.5, 0.6) is 0 Å². The summed E-state index contributed by atoms with van der Waals surface area (Å²) in [6.07, 6.45) is 0.879. The molecular weight excluding hydrogens is 200 g/mol. The van der Waals surface area contributed by atoms with Crippen molar-refractivity contribution in [1.29, 1.82) is 0 Å². The van der Waals surface area contributed by atoms with Crippen molar-refractivity contribution in [2.45, 2.75) is 33.7 Å². The number of hydrogen-bond acceptors (Lipinski definition) is 2. The van der Waals surface area contributed by atoms with Gasteiger partial charge in [0.15, 0.2) is 0 Å². The van der Waals surface area contributed by atoms with Gasteiger partial charge < -0.3 is 0 Å². The Kier molecular flexibility index (Phi) is 3.69. The largest absolute Gasteiger partial charge is 0.274 e. The average molecular weight is 215 g/mol. The normalized spacial score (nSPS) is 10.9. The fraction of sp³-hybridized carbons (Fsp3) is 0.600. The molecule has 1 heterocycles. The van der Waals surface area contributed by atoms with E-state index in [1.807, 2.05) is 6.92 Å². The van der Waals surface area contributed by atoms with Crippen molar-refractivity contribution in [2.75, 3.05) is 0 Å². The Hall–Kier alpha value is -0.830. The second-order valence-electron chi connectivity index (χ2n) is 3.71. The van der Waals surface area contributed by atoms with Crippen molar-refractivity contribution in [3.63, 3.8) is 0 Å². The molecule has 0 saturated heterocycles. The summed E-state index contributed by atoms with van der Waals surface area (Å²) in [6, 6.07) is 1.78. The van der Waals surface area contributed by atoms with Gasteiger partial charge >= 0.3 is 0 Å². The Morgan fingerprint density at radius 1 is 1.64 bits per heavy atom. The van der Waals surface area contributed by atoms with E-state index >= 15 is 0 Å². The van der Waals surface area contributed by atoms with Crippen LogP contribution in [-0.2, 0) is 13.0 Å². The lowest BCUT2D eigenvalue weighted by atomic mass is 10.1. The van der Waals surface area contributed by atoms with Crippen LogP contribution in [0.25, 0.3) is 0 Å². The van der Waals surface area contributed by atoms with E-state index in [-0.39, 0.29) is 0 Å². The van der Waals surface area contributed by atoms with Crippen molar-refractivity contribution < 1.29 is 4.79 Å². The van der Waals surface area contributed by atoms with Crippen LogP contribution in [0.15, 0.2) is 6.07 Å². The highest BCUT2D eigenvalue weighted by Crippen LogP contribution is 2.11. The molecule has 0 aliphatic rings. The maximum atomic E-state index is 11.0. The topological polar surface area (TPSA) is 34.9 Å². The Labute approximate surface area is 89.1 Å². The van der Waals surface area contributed by atoms with E-state index in [9.17, 15) is 4.79 Å². The van der Waals surface area contributed by atoms with Gasteiger partial charge in [-0.1, -0.05) is 13.8 Å². The molecule has 0 atom stereocenters. The van der Waals surface area contributed by atoms with Crippen LogP contribution in [0.2, 0.25) is 0 Å². The van der Waals surface area contributed by atoms with Gasteiger partial charge in [-0.2, -0.15) is 5.10 Å². The van der Waals surface area contributed by atoms with E-state index in [1.165, 1.54) is 0 Å². The molecule has 0 unspecified atom stereocenters. The molecule has 0 bridgehead atoms. The second-order valence-corrected chi connectivity index (χ2v) is 4.05. The van der Waals surface area contributed by atoms with Crippen LogP contribution in [-0.4, -0.2) is 15.0 Å². The number of aryl methyl sites for hydroxylation is 1. The zero-order valence-corrected chi connectivity index (χ0v) is 9.51. The van der Waals surface area contributed by atoms with Gasteiger partial charge in [-0.15, -0.1) is 0 Å². The third-order valence-corrected chi connectivity index (χ3v) is 2.14. The van der Waals surface area contributed by atoms with Gasteiger partial charge in [-0.05, 0) is 36.9 Å². The molecule has 0 fully saturated rings. The third-order valence-electron chi connectivity index (χ3n) is 1.95. The molecule has 1 rings (SSSR count). The molecule has 1 aromatic rings. The van der Waals surface area contributed by atoms with Gasteiger partial charge in [-0.25, -0.2) is 0 Å². The molecule has 0 aliphatic heterocycles. The van der Waals surface area contributed by atoms with E-state index in [4.69, 9.17) is 11.6 Å². The second kappa shape index (κ2) is 4.60. The van der Waals surface area contributed by atoms with E-state index in [0.29, 0.717) is 18.2 Å². The van der Waals surface area contributed by atoms with Crippen LogP contribution in [0.1, 0.15) is 37.0 Å². The first kappa shape index (κ1) is 11.2. The van der Waals surface area contributed by atoms with Crippen LogP contribution in [0.3, 0.4) is 0 Å². The predicted octanol–water partition coefficient (Wildman–Crippen LogP) is 2.48. The van der Waals surface area contributed by atoms with E-state index in [0.717, 1.165) is 12.1 Å². The number of hydrogen-bond donors (Lipinski definition) is 0. The maximum Gasteiger partial charge on any atom is 0.270 e. The summed E-state index contributed by atoms with van der Waals surface area (Å²) in [7, 11) is 0. The standard InChI is InChI=1S/C10H15ClN2O/c1-4-13-9(10(11)14)6-8(12-13)5-7(2)3/h6-7H,4-5H2,1-3H3. The number of carbonyl (C=O) groups is 1. The van der Waals surface area contributed by atoms with Crippen LogP contribution in [0, 0.1) is 5.92 Å². The van der Waals surface area contributed by atoms with Crippen molar-refractivity contribution >= 4 is 16.8 Å². The lowest BCUT2D eigenvalue weighted by molar-refractivity contribution is 0.107. The lowest BCUT2D eigenvalue weighted by Crippen LogP contribution is -2.05. The van der Waals surface area contributed by atoms with E-state index < -0.39 is 5.24 Å². The molecule has 3 nitrogen and oxygen atoms in total. The van der Waals surface area contributed by atoms with E-state index in [2.05, 4.69) is 18.9 Å². The molecule has 0 aromatic carbocycles. The summed E-state index contributed by atoms with van der Waals surface area (Å²) in [4.78, 5) is 11.0. The van der Waals surface area contributed by atoms with Crippen molar-refractivity contribution in [2.24, 2.45) is 5.92 Å².